The Balaban J connectivity index is 0.000000160. The number of nitrogen functional groups attached to an aromatic ring is 2. The van der Waals surface area contributed by atoms with Crippen LogP contribution in [0, 0.1) is 5.95 Å². The van der Waals surface area contributed by atoms with Crippen LogP contribution in [-0.2, 0) is 0 Å². The van der Waals surface area contributed by atoms with E-state index in [-0.39, 0.29) is 0 Å². The zero-order valence-electron chi connectivity index (χ0n) is 10.5. The number of pyridine rings is 2. The Labute approximate surface area is 114 Å². The molecule has 0 bridgehead atoms. The Morgan fingerprint density at radius 1 is 0.950 bits per heavy atom. The molecule has 0 aromatic carbocycles. The molecule has 0 atom stereocenters. The molecule has 0 fully saturated rings. The highest BCUT2D eigenvalue weighted by Gasteiger charge is 1.94. The molecule has 0 saturated heterocycles. The minimum absolute atomic E-state index is 0.478. The maximum Gasteiger partial charge on any atom is 0.212 e. The lowest BCUT2D eigenvalue weighted by molar-refractivity contribution is 0.584. The molecule has 102 valence electrons. The van der Waals surface area contributed by atoms with Crippen molar-refractivity contribution in [2.45, 2.75) is 0 Å². The van der Waals surface area contributed by atoms with Crippen LogP contribution in [0.2, 0.25) is 0 Å². The molecule has 0 unspecified atom stereocenters. The SMILES string of the molecule is Nc1ccc(-n2cccn2)nc1.Nc1ccc(F)nc1. The topological polar surface area (TPSA) is 95.6 Å². The van der Waals surface area contributed by atoms with Gasteiger partial charge in [0.1, 0.15) is 0 Å². The van der Waals surface area contributed by atoms with Crippen LogP contribution in [0.3, 0.4) is 0 Å². The van der Waals surface area contributed by atoms with Crippen molar-refractivity contribution in [3.63, 3.8) is 0 Å². The summed E-state index contributed by atoms with van der Waals surface area (Å²) < 4.78 is 13.6. The molecule has 0 spiro atoms. The lowest BCUT2D eigenvalue weighted by Gasteiger charge is -1.98. The van der Waals surface area contributed by atoms with E-state index in [0.29, 0.717) is 11.4 Å². The third kappa shape index (κ3) is 3.77. The van der Waals surface area contributed by atoms with E-state index < -0.39 is 5.95 Å². The van der Waals surface area contributed by atoms with Gasteiger partial charge in [-0.1, -0.05) is 0 Å². The Bertz CT molecular complexity index is 613. The van der Waals surface area contributed by atoms with Crippen molar-refractivity contribution < 1.29 is 4.39 Å². The molecule has 3 aromatic rings. The predicted molar refractivity (Wildman–Crippen MR) is 74.4 cm³/mol. The van der Waals surface area contributed by atoms with Gasteiger partial charge < -0.3 is 11.5 Å². The minimum atomic E-state index is -0.501. The van der Waals surface area contributed by atoms with Gasteiger partial charge in [0, 0.05) is 12.4 Å². The molecule has 0 aliphatic carbocycles. The van der Waals surface area contributed by atoms with Gasteiger partial charge in [0.15, 0.2) is 5.82 Å². The average molecular weight is 272 g/mol. The summed E-state index contributed by atoms with van der Waals surface area (Å²) in [5, 5.41) is 4.03. The maximum absolute atomic E-state index is 11.9. The number of nitrogens with zero attached hydrogens (tertiary/aromatic N) is 4. The lowest BCUT2D eigenvalue weighted by atomic mass is 10.4. The molecular formula is C13H13FN6. The summed E-state index contributed by atoms with van der Waals surface area (Å²) in [6.45, 7) is 0. The average Bonchev–Trinajstić information content (AvgIpc) is 2.98. The molecule has 0 radical (unpaired) electrons. The second kappa shape index (κ2) is 6.28. The molecule has 6 nitrogen and oxygen atoms in total. The van der Waals surface area contributed by atoms with Gasteiger partial charge in [-0.3, -0.25) is 0 Å². The fourth-order valence-electron chi connectivity index (χ4n) is 1.32. The minimum Gasteiger partial charge on any atom is -0.397 e. The molecule has 3 rings (SSSR count). The van der Waals surface area contributed by atoms with Crippen molar-refractivity contribution in [2.75, 3.05) is 11.5 Å². The van der Waals surface area contributed by atoms with E-state index in [2.05, 4.69) is 15.1 Å². The Morgan fingerprint density at radius 2 is 1.65 bits per heavy atom. The van der Waals surface area contributed by atoms with Crippen LogP contribution in [0.15, 0.2) is 55.1 Å². The van der Waals surface area contributed by atoms with E-state index in [0.717, 1.165) is 5.82 Å². The van der Waals surface area contributed by atoms with Crippen molar-refractivity contribution in [3.05, 3.63) is 61.1 Å². The van der Waals surface area contributed by atoms with Gasteiger partial charge >= 0.3 is 0 Å². The largest absolute Gasteiger partial charge is 0.397 e. The second-order valence-electron chi connectivity index (χ2n) is 3.81. The van der Waals surface area contributed by atoms with Gasteiger partial charge in [-0.05, 0) is 30.3 Å². The molecule has 3 heterocycles. The molecule has 3 aromatic heterocycles. The van der Waals surface area contributed by atoms with Crippen LogP contribution in [0.1, 0.15) is 0 Å². The number of aromatic nitrogens is 4. The number of anilines is 2. The van der Waals surface area contributed by atoms with Gasteiger partial charge in [0.05, 0.1) is 23.8 Å². The zero-order valence-corrected chi connectivity index (χ0v) is 10.5. The fourth-order valence-corrected chi connectivity index (χ4v) is 1.32. The molecule has 7 heteroatoms. The highest BCUT2D eigenvalue weighted by molar-refractivity contribution is 5.38. The third-order valence-electron chi connectivity index (χ3n) is 2.26. The fraction of sp³-hybridized carbons (Fsp3) is 0. The van der Waals surface area contributed by atoms with Crippen LogP contribution in [0.25, 0.3) is 5.82 Å². The van der Waals surface area contributed by atoms with E-state index >= 15 is 0 Å². The highest BCUT2D eigenvalue weighted by atomic mass is 19.1. The Kier molecular flexibility index (Phi) is 4.23. The number of hydrogen-bond donors (Lipinski definition) is 2. The smallest absolute Gasteiger partial charge is 0.212 e. The van der Waals surface area contributed by atoms with Crippen molar-refractivity contribution in [1.29, 1.82) is 0 Å². The number of hydrogen-bond acceptors (Lipinski definition) is 5. The number of nitrogens with two attached hydrogens (primary N) is 2. The van der Waals surface area contributed by atoms with Gasteiger partial charge in [0.2, 0.25) is 5.95 Å². The summed E-state index contributed by atoms with van der Waals surface area (Å²) in [5.74, 6) is 0.272. The van der Waals surface area contributed by atoms with Crippen molar-refractivity contribution in [2.24, 2.45) is 0 Å². The van der Waals surface area contributed by atoms with E-state index in [1.807, 2.05) is 18.3 Å². The zero-order chi connectivity index (χ0) is 14.4. The van der Waals surface area contributed by atoms with Crippen molar-refractivity contribution >= 4 is 11.4 Å². The van der Waals surface area contributed by atoms with Gasteiger partial charge in [0.25, 0.3) is 0 Å². The van der Waals surface area contributed by atoms with Gasteiger partial charge in [-0.25, -0.2) is 14.6 Å². The summed E-state index contributed by atoms with van der Waals surface area (Å²) >= 11 is 0. The molecule has 4 N–H and O–H groups in total. The summed E-state index contributed by atoms with van der Waals surface area (Å²) in [6, 6.07) is 8.14. The summed E-state index contributed by atoms with van der Waals surface area (Å²) in [7, 11) is 0. The van der Waals surface area contributed by atoms with E-state index in [4.69, 9.17) is 11.5 Å². The first-order valence-corrected chi connectivity index (χ1v) is 5.74. The molecule has 0 aliphatic rings. The first-order chi connectivity index (χ1) is 9.65. The molecule has 0 saturated carbocycles. The normalized spacial score (nSPS) is 9.65. The quantitative estimate of drug-likeness (QED) is 0.657. The van der Waals surface area contributed by atoms with Crippen LogP contribution in [0.5, 0.6) is 0 Å². The van der Waals surface area contributed by atoms with Gasteiger partial charge in [-0.15, -0.1) is 0 Å². The Hall–Kier alpha value is -2.96. The van der Waals surface area contributed by atoms with Gasteiger partial charge in [-0.2, -0.15) is 9.49 Å². The molecular weight excluding hydrogens is 259 g/mol. The highest BCUT2D eigenvalue weighted by Crippen LogP contribution is 2.04. The van der Waals surface area contributed by atoms with E-state index in [1.54, 1.807) is 23.1 Å². The van der Waals surface area contributed by atoms with Crippen molar-refractivity contribution in [3.8, 4) is 5.82 Å². The Morgan fingerprint density at radius 3 is 2.10 bits per heavy atom. The third-order valence-corrected chi connectivity index (χ3v) is 2.26. The van der Waals surface area contributed by atoms with Crippen LogP contribution in [-0.4, -0.2) is 19.7 Å². The number of rotatable bonds is 1. The molecule has 0 amide bonds. The summed E-state index contributed by atoms with van der Waals surface area (Å²) in [6.07, 6.45) is 6.42. The molecule has 0 aliphatic heterocycles. The second-order valence-corrected chi connectivity index (χ2v) is 3.81. The lowest BCUT2D eigenvalue weighted by Crippen LogP contribution is -1.97. The van der Waals surface area contributed by atoms with Crippen LogP contribution >= 0.6 is 0 Å². The maximum atomic E-state index is 11.9. The monoisotopic (exact) mass is 272 g/mol. The summed E-state index contributed by atoms with van der Waals surface area (Å²) in [5.41, 5.74) is 11.8. The van der Waals surface area contributed by atoms with Crippen LogP contribution in [0.4, 0.5) is 15.8 Å². The first kappa shape index (κ1) is 13.5. The predicted octanol–water partition coefficient (Wildman–Crippen LogP) is 1.65. The van der Waals surface area contributed by atoms with E-state index in [9.17, 15) is 4.39 Å². The summed E-state index contributed by atoms with van der Waals surface area (Å²) in [4.78, 5) is 7.38. The molecule has 20 heavy (non-hydrogen) atoms. The van der Waals surface area contributed by atoms with E-state index in [1.165, 1.54) is 18.3 Å². The van der Waals surface area contributed by atoms with Crippen molar-refractivity contribution in [1.82, 2.24) is 19.7 Å². The van der Waals surface area contributed by atoms with Crippen LogP contribution < -0.4 is 11.5 Å². The standard InChI is InChI=1S/C8H8N4.C5H5FN2/c9-7-2-3-8(10-6-7)12-5-1-4-11-12;6-5-2-1-4(7)3-8-5/h1-6H,9H2;1-3H,7H2. The number of halogens is 1. The first-order valence-electron chi connectivity index (χ1n) is 5.74.